The Labute approximate surface area is 127 Å². The van der Waals surface area contributed by atoms with Gasteiger partial charge in [-0.05, 0) is 31.2 Å². The van der Waals surface area contributed by atoms with Gasteiger partial charge in [0.05, 0.1) is 19.4 Å². The molecule has 1 aromatic heterocycles. The number of nitrogens with two attached hydrogens (primary N) is 1. The van der Waals surface area contributed by atoms with Gasteiger partial charge in [0, 0.05) is 5.69 Å². The first-order chi connectivity index (χ1) is 10.5. The summed E-state index contributed by atoms with van der Waals surface area (Å²) in [7, 11) is 1.53. The minimum Gasteiger partial charge on any atom is -0.497 e. The number of hydrogen-bond donors (Lipinski definition) is 2. The number of carbonyl (C=O) groups is 1. The van der Waals surface area contributed by atoms with Crippen molar-refractivity contribution in [2.45, 2.75) is 6.92 Å². The molecule has 114 valence electrons. The average molecular weight is 301 g/mol. The molecule has 1 heterocycles. The van der Waals surface area contributed by atoms with E-state index in [0.29, 0.717) is 11.4 Å². The van der Waals surface area contributed by atoms with Gasteiger partial charge in [0.25, 0.3) is 0 Å². The average Bonchev–Trinajstić information content (AvgIpc) is 2.78. The molecule has 0 fully saturated rings. The fourth-order valence-corrected chi connectivity index (χ4v) is 2.07. The summed E-state index contributed by atoms with van der Waals surface area (Å²) in [5.41, 5.74) is 5.90. The van der Waals surface area contributed by atoms with Crippen LogP contribution in [0.1, 0.15) is 23.0 Å². The summed E-state index contributed by atoms with van der Waals surface area (Å²) in [6, 6.07) is 8.36. The van der Waals surface area contributed by atoms with Crippen LogP contribution >= 0.6 is 0 Å². The molecule has 0 spiro atoms. The van der Waals surface area contributed by atoms with E-state index in [1.165, 1.54) is 11.7 Å². The third kappa shape index (κ3) is 2.42. The maximum Gasteiger partial charge on any atom is 0.357 e. The van der Waals surface area contributed by atoms with Crippen LogP contribution in [0, 0.1) is 11.3 Å². The van der Waals surface area contributed by atoms with E-state index in [1.54, 1.807) is 37.3 Å². The summed E-state index contributed by atoms with van der Waals surface area (Å²) >= 11 is 0. The molecule has 0 amide bonds. The first kappa shape index (κ1) is 15.3. The molecular weight excluding hydrogens is 286 g/mol. The Morgan fingerprint density at radius 3 is 2.55 bits per heavy atom. The van der Waals surface area contributed by atoms with Crippen molar-refractivity contribution in [3.63, 3.8) is 0 Å². The van der Waals surface area contributed by atoms with Gasteiger partial charge in [0.1, 0.15) is 17.4 Å². The van der Waals surface area contributed by atoms with Gasteiger partial charge in [-0.25, -0.2) is 4.79 Å². The van der Waals surface area contributed by atoms with Crippen LogP contribution in [-0.4, -0.2) is 29.4 Å². The lowest BCUT2D eigenvalue weighted by molar-refractivity contribution is 0.0517. The van der Waals surface area contributed by atoms with E-state index in [2.05, 4.69) is 0 Å². The van der Waals surface area contributed by atoms with E-state index in [9.17, 15) is 9.90 Å². The lowest BCUT2D eigenvalue weighted by Gasteiger charge is -2.10. The van der Waals surface area contributed by atoms with E-state index in [0.717, 1.165) is 0 Å². The van der Waals surface area contributed by atoms with Gasteiger partial charge in [0.15, 0.2) is 5.69 Å². The highest BCUT2D eigenvalue weighted by atomic mass is 16.5. The van der Waals surface area contributed by atoms with Gasteiger partial charge < -0.3 is 20.3 Å². The molecule has 1 aromatic carbocycles. The van der Waals surface area contributed by atoms with Crippen molar-refractivity contribution in [2.24, 2.45) is 0 Å². The molecule has 0 bridgehead atoms. The Hall–Kier alpha value is -3.14. The van der Waals surface area contributed by atoms with Crippen LogP contribution < -0.4 is 10.5 Å². The normalized spacial score (nSPS) is 10.0. The van der Waals surface area contributed by atoms with Gasteiger partial charge in [-0.3, -0.25) is 4.57 Å². The van der Waals surface area contributed by atoms with Crippen molar-refractivity contribution in [3.8, 4) is 23.4 Å². The first-order valence-corrected chi connectivity index (χ1v) is 6.49. The molecule has 0 radical (unpaired) electrons. The number of methoxy groups -OCH3 is 1. The number of esters is 1. The van der Waals surface area contributed by atoms with Gasteiger partial charge >= 0.3 is 5.97 Å². The van der Waals surface area contributed by atoms with Crippen LogP contribution in [0.2, 0.25) is 0 Å². The molecule has 0 saturated heterocycles. The van der Waals surface area contributed by atoms with Gasteiger partial charge in [-0.1, -0.05) is 0 Å². The maximum atomic E-state index is 12.1. The number of aromatic hydroxyl groups is 1. The van der Waals surface area contributed by atoms with Gasteiger partial charge in [0.2, 0.25) is 5.88 Å². The number of ether oxygens (including phenoxy) is 2. The number of nitrogens with zero attached hydrogens (tertiary/aromatic N) is 2. The molecule has 2 aromatic rings. The topological polar surface area (TPSA) is 111 Å². The van der Waals surface area contributed by atoms with Gasteiger partial charge in [-0.15, -0.1) is 0 Å². The molecule has 3 N–H and O–H groups in total. The van der Waals surface area contributed by atoms with E-state index >= 15 is 0 Å². The van der Waals surface area contributed by atoms with Crippen LogP contribution in [-0.2, 0) is 4.74 Å². The Morgan fingerprint density at radius 2 is 2.05 bits per heavy atom. The lowest BCUT2D eigenvalue weighted by atomic mass is 10.2. The summed E-state index contributed by atoms with van der Waals surface area (Å²) in [6.45, 7) is 1.80. The molecular formula is C15H15N3O4. The third-order valence-electron chi connectivity index (χ3n) is 3.09. The molecule has 0 saturated carbocycles. The molecule has 7 nitrogen and oxygen atoms in total. The summed E-state index contributed by atoms with van der Waals surface area (Å²) < 4.78 is 11.2. The predicted molar refractivity (Wildman–Crippen MR) is 79.1 cm³/mol. The van der Waals surface area contributed by atoms with Gasteiger partial charge in [-0.2, -0.15) is 5.26 Å². The molecule has 22 heavy (non-hydrogen) atoms. The quantitative estimate of drug-likeness (QED) is 0.833. The summed E-state index contributed by atoms with van der Waals surface area (Å²) in [5.74, 6) is -0.512. The number of hydrogen-bond acceptors (Lipinski definition) is 6. The Balaban J connectivity index is 2.67. The zero-order valence-corrected chi connectivity index (χ0v) is 12.2. The zero-order valence-electron chi connectivity index (χ0n) is 12.2. The number of benzene rings is 1. The second kappa shape index (κ2) is 6.10. The second-order valence-corrected chi connectivity index (χ2v) is 4.33. The van der Waals surface area contributed by atoms with Crippen LogP contribution in [0.4, 0.5) is 5.69 Å². The highest BCUT2D eigenvalue weighted by Crippen LogP contribution is 2.34. The highest BCUT2D eigenvalue weighted by Gasteiger charge is 2.27. The van der Waals surface area contributed by atoms with Crippen molar-refractivity contribution in [2.75, 3.05) is 19.5 Å². The second-order valence-electron chi connectivity index (χ2n) is 4.33. The van der Waals surface area contributed by atoms with Crippen molar-refractivity contribution in [1.82, 2.24) is 4.57 Å². The number of rotatable bonds is 4. The number of anilines is 1. The first-order valence-electron chi connectivity index (χ1n) is 6.49. The monoisotopic (exact) mass is 301 g/mol. The Morgan fingerprint density at radius 1 is 1.41 bits per heavy atom. The Bertz CT molecular complexity index is 742. The van der Waals surface area contributed by atoms with Crippen LogP contribution in [0.15, 0.2) is 24.3 Å². The van der Waals surface area contributed by atoms with Crippen molar-refractivity contribution >= 4 is 11.7 Å². The molecule has 0 aliphatic rings. The van der Waals surface area contributed by atoms with Crippen LogP contribution in [0.5, 0.6) is 11.6 Å². The predicted octanol–water partition coefficient (Wildman–Crippen LogP) is 1.82. The van der Waals surface area contributed by atoms with E-state index in [1.807, 2.05) is 0 Å². The van der Waals surface area contributed by atoms with Crippen LogP contribution in [0.3, 0.4) is 0 Å². The fraction of sp³-hybridized carbons (Fsp3) is 0.200. The Kier molecular flexibility index (Phi) is 4.23. The molecule has 0 unspecified atom stereocenters. The molecule has 7 heteroatoms. The van der Waals surface area contributed by atoms with Crippen molar-refractivity contribution in [1.29, 1.82) is 5.26 Å². The minimum absolute atomic E-state index is 0.0823. The number of carbonyl (C=O) groups excluding carboxylic acids is 1. The molecule has 0 atom stereocenters. The number of nitrogen functional groups attached to an aromatic ring is 1. The van der Waals surface area contributed by atoms with Crippen molar-refractivity contribution in [3.05, 3.63) is 35.5 Å². The van der Waals surface area contributed by atoms with E-state index < -0.39 is 11.8 Å². The number of aromatic nitrogens is 1. The SMILES string of the molecule is CCOC(=O)c1c(N)c(C#N)c(O)n1-c1ccc(OC)cc1. The maximum absolute atomic E-state index is 12.1. The molecule has 2 rings (SSSR count). The standard InChI is InChI=1S/C15H15N3O4/c1-3-22-15(20)13-12(17)11(8-16)14(19)18(13)9-4-6-10(21-2)7-5-9/h4-7,19H,3,17H2,1-2H3. The smallest absolute Gasteiger partial charge is 0.357 e. The summed E-state index contributed by atoms with van der Waals surface area (Å²) in [5, 5.41) is 19.3. The third-order valence-corrected chi connectivity index (χ3v) is 3.09. The van der Waals surface area contributed by atoms with Crippen molar-refractivity contribution < 1.29 is 19.4 Å². The summed E-state index contributed by atoms with van der Waals surface area (Å²) in [4.78, 5) is 12.1. The summed E-state index contributed by atoms with van der Waals surface area (Å²) in [6.07, 6.45) is 0. The minimum atomic E-state index is -0.715. The van der Waals surface area contributed by atoms with E-state index in [4.69, 9.17) is 20.5 Å². The lowest BCUT2D eigenvalue weighted by Crippen LogP contribution is -2.13. The zero-order chi connectivity index (χ0) is 16.3. The number of nitriles is 1. The highest BCUT2D eigenvalue weighted by molar-refractivity contribution is 5.97. The molecule has 0 aliphatic carbocycles. The van der Waals surface area contributed by atoms with Crippen LogP contribution in [0.25, 0.3) is 5.69 Å². The largest absolute Gasteiger partial charge is 0.497 e. The van der Waals surface area contributed by atoms with E-state index in [-0.39, 0.29) is 23.6 Å². The molecule has 0 aliphatic heterocycles. The fourth-order valence-electron chi connectivity index (χ4n) is 2.07.